The van der Waals surface area contributed by atoms with E-state index in [9.17, 15) is 4.79 Å². The standard InChI is InChI=1S/C21H31N5O2/c1-3-5-11-25-18-14-23-20(28-12-6-4-2)24-19(18)26(21(25)27)15-17-9-7-16(13-22)8-10-17/h7-10,14,19H,3-6,11-13,15,22H2,1-2H3,(H,23,24). The largest absolute Gasteiger partial charge is 0.465 e. The molecule has 0 radical (unpaired) electrons. The van der Waals surface area contributed by atoms with Crippen molar-refractivity contribution in [1.29, 1.82) is 0 Å². The Balaban J connectivity index is 1.79. The third kappa shape index (κ3) is 4.47. The maximum atomic E-state index is 13.1. The van der Waals surface area contributed by atoms with E-state index in [0.717, 1.165) is 42.5 Å². The predicted octanol–water partition coefficient (Wildman–Crippen LogP) is 3.13. The van der Waals surface area contributed by atoms with Crippen LogP contribution in [-0.4, -0.2) is 41.2 Å². The van der Waals surface area contributed by atoms with Gasteiger partial charge in [-0.3, -0.25) is 9.80 Å². The van der Waals surface area contributed by atoms with Crippen LogP contribution in [0.15, 0.2) is 41.2 Å². The number of nitrogens with one attached hydrogen (secondary N) is 1. The van der Waals surface area contributed by atoms with Gasteiger partial charge in [0.2, 0.25) is 0 Å². The lowest BCUT2D eigenvalue weighted by atomic mass is 10.1. The van der Waals surface area contributed by atoms with Crippen molar-refractivity contribution in [2.45, 2.75) is 58.8 Å². The molecule has 0 spiro atoms. The number of benzene rings is 1. The van der Waals surface area contributed by atoms with Crippen LogP contribution < -0.4 is 11.1 Å². The normalized spacial score (nSPS) is 18.5. The number of carbonyl (C=O) groups excluding carboxylic acids is 1. The topological polar surface area (TPSA) is 83.2 Å². The second-order valence-electron chi connectivity index (χ2n) is 7.16. The Morgan fingerprint density at radius 1 is 1.14 bits per heavy atom. The molecule has 0 aromatic heterocycles. The third-order valence-corrected chi connectivity index (χ3v) is 5.01. The Labute approximate surface area is 167 Å². The summed E-state index contributed by atoms with van der Waals surface area (Å²) in [6.07, 6.45) is 5.54. The minimum Gasteiger partial charge on any atom is -0.465 e. The van der Waals surface area contributed by atoms with E-state index in [0.29, 0.717) is 32.3 Å². The summed E-state index contributed by atoms with van der Waals surface area (Å²) in [5, 5.41) is 3.11. The van der Waals surface area contributed by atoms with Crippen LogP contribution in [0, 0.1) is 0 Å². The third-order valence-electron chi connectivity index (χ3n) is 5.01. The molecule has 2 aliphatic heterocycles. The zero-order valence-corrected chi connectivity index (χ0v) is 16.9. The number of amides is 2. The van der Waals surface area contributed by atoms with Crippen molar-refractivity contribution in [3.8, 4) is 0 Å². The Morgan fingerprint density at radius 3 is 2.54 bits per heavy atom. The predicted molar refractivity (Wildman–Crippen MR) is 110 cm³/mol. The molecule has 1 aromatic rings. The molecule has 1 saturated heterocycles. The van der Waals surface area contributed by atoms with E-state index in [1.54, 1.807) is 0 Å². The molecular formula is C21H31N5O2. The molecule has 2 amide bonds. The van der Waals surface area contributed by atoms with Gasteiger partial charge in [-0.05, 0) is 24.0 Å². The number of hydrogen-bond acceptors (Lipinski definition) is 5. The molecule has 3 rings (SSSR count). The highest BCUT2D eigenvalue weighted by Crippen LogP contribution is 2.31. The first-order valence-electron chi connectivity index (χ1n) is 10.2. The van der Waals surface area contributed by atoms with Crippen LogP contribution in [0.3, 0.4) is 0 Å². The number of ether oxygens (including phenoxy) is 1. The van der Waals surface area contributed by atoms with Crippen molar-refractivity contribution in [2.75, 3.05) is 13.2 Å². The van der Waals surface area contributed by atoms with E-state index >= 15 is 0 Å². The highest BCUT2D eigenvalue weighted by atomic mass is 16.5. The molecule has 1 aromatic carbocycles. The summed E-state index contributed by atoms with van der Waals surface area (Å²) in [5.74, 6) is 0. The fourth-order valence-electron chi connectivity index (χ4n) is 3.31. The number of urea groups is 1. The van der Waals surface area contributed by atoms with Crippen LogP contribution in [0.4, 0.5) is 4.79 Å². The second kappa shape index (κ2) is 9.59. The van der Waals surface area contributed by atoms with Crippen LogP contribution in [0.1, 0.15) is 50.7 Å². The first kappa shape index (κ1) is 20.2. The Hall–Kier alpha value is -2.54. The maximum Gasteiger partial charge on any atom is 0.326 e. The fourth-order valence-corrected chi connectivity index (χ4v) is 3.31. The van der Waals surface area contributed by atoms with Crippen molar-refractivity contribution in [3.05, 3.63) is 47.3 Å². The average Bonchev–Trinajstić information content (AvgIpc) is 2.98. The fraction of sp³-hybridized carbons (Fsp3) is 0.524. The first-order chi connectivity index (χ1) is 13.7. The number of nitrogens with two attached hydrogens (primary N) is 1. The molecule has 7 heteroatoms. The van der Waals surface area contributed by atoms with E-state index in [4.69, 9.17) is 15.5 Å². The van der Waals surface area contributed by atoms with E-state index in [-0.39, 0.29) is 12.2 Å². The molecule has 2 aliphatic rings. The van der Waals surface area contributed by atoms with Crippen LogP contribution in [0.5, 0.6) is 0 Å². The van der Waals surface area contributed by atoms with Gasteiger partial charge >= 0.3 is 6.03 Å². The van der Waals surface area contributed by atoms with Gasteiger partial charge in [-0.1, -0.05) is 51.0 Å². The van der Waals surface area contributed by atoms with Gasteiger partial charge in [0.15, 0.2) is 6.17 Å². The van der Waals surface area contributed by atoms with Crippen molar-refractivity contribution >= 4 is 12.1 Å². The monoisotopic (exact) mass is 385 g/mol. The number of fused-ring (bicyclic) bond motifs is 1. The van der Waals surface area contributed by atoms with Gasteiger partial charge in [-0.15, -0.1) is 0 Å². The van der Waals surface area contributed by atoms with Crippen LogP contribution >= 0.6 is 0 Å². The molecular weight excluding hydrogens is 354 g/mol. The molecule has 2 heterocycles. The van der Waals surface area contributed by atoms with Crippen LogP contribution in [0.2, 0.25) is 0 Å². The summed E-state index contributed by atoms with van der Waals surface area (Å²) >= 11 is 0. The van der Waals surface area contributed by atoms with Crippen molar-refractivity contribution in [2.24, 2.45) is 10.7 Å². The lowest BCUT2D eigenvalue weighted by Crippen LogP contribution is -2.37. The average molecular weight is 386 g/mol. The van der Waals surface area contributed by atoms with Crippen molar-refractivity contribution in [3.63, 3.8) is 0 Å². The van der Waals surface area contributed by atoms with Crippen LogP contribution in [-0.2, 0) is 17.8 Å². The van der Waals surface area contributed by atoms with Gasteiger partial charge in [-0.2, -0.15) is 0 Å². The van der Waals surface area contributed by atoms with Gasteiger partial charge in [0.05, 0.1) is 12.3 Å². The van der Waals surface area contributed by atoms with Crippen molar-refractivity contribution < 1.29 is 9.53 Å². The van der Waals surface area contributed by atoms with E-state index in [2.05, 4.69) is 19.2 Å². The molecule has 0 aliphatic carbocycles. The highest BCUT2D eigenvalue weighted by Gasteiger charge is 2.43. The summed E-state index contributed by atoms with van der Waals surface area (Å²) in [7, 11) is 0. The Bertz CT molecular complexity index is 729. The molecule has 28 heavy (non-hydrogen) atoms. The van der Waals surface area contributed by atoms with Gasteiger partial charge in [0, 0.05) is 25.8 Å². The SMILES string of the molecule is CCCCOC1=NC2C(=CN1)N(CCCC)C(=O)N2Cc1ccc(CN)cc1. The zero-order valence-electron chi connectivity index (χ0n) is 16.9. The Morgan fingerprint density at radius 2 is 1.86 bits per heavy atom. The quantitative estimate of drug-likeness (QED) is 0.640. The highest BCUT2D eigenvalue weighted by molar-refractivity contribution is 5.84. The molecule has 152 valence electrons. The van der Waals surface area contributed by atoms with Gasteiger partial charge < -0.3 is 15.8 Å². The number of rotatable bonds is 9. The number of amidine groups is 1. The minimum atomic E-state index is -0.351. The van der Waals surface area contributed by atoms with Crippen LogP contribution in [0.25, 0.3) is 0 Å². The lowest BCUT2D eigenvalue weighted by Gasteiger charge is -2.24. The summed E-state index contributed by atoms with van der Waals surface area (Å²) in [6.45, 7) is 6.57. The number of hydrogen-bond donors (Lipinski definition) is 2. The van der Waals surface area contributed by atoms with Gasteiger partial charge in [0.25, 0.3) is 6.02 Å². The maximum absolute atomic E-state index is 13.1. The number of carbonyl (C=O) groups is 1. The second-order valence-corrected chi connectivity index (χ2v) is 7.16. The van der Waals surface area contributed by atoms with Crippen molar-refractivity contribution in [1.82, 2.24) is 15.1 Å². The van der Waals surface area contributed by atoms with E-state index in [1.165, 1.54) is 0 Å². The summed E-state index contributed by atoms with van der Waals surface area (Å²) in [5.41, 5.74) is 8.71. The molecule has 0 bridgehead atoms. The summed E-state index contributed by atoms with van der Waals surface area (Å²) in [4.78, 5) is 21.5. The molecule has 3 N–H and O–H groups in total. The first-order valence-corrected chi connectivity index (χ1v) is 10.2. The minimum absolute atomic E-state index is 0.00652. The zero-order chi connectivity index (χ0) is 19.9. The molecule has 0 saturated carbocycles. The van der Waals surface area contributed by atoms with Gasteiger partial charge in [-0.25, -0.2) is 9.79 Å². The lowest BCUT2D eigenvalue weighted by molar-refractivity contribution is 0.184. The van der Waals surface area contributed by atoms with E-state index < -0.39 is 0 Å². The molecule has 1 fully saturated rings. The molecule has 1 unspecified atom stereocenters. The molecule has 1 atom stereocenters. The Kier molecular flexibility index (Phi) is 6.92. The van der Waals surface area contributed by atoms with E-state index in [1.807, 2.05) is 40.3 Å². The number of nitrogens with zero attached hydrogens (tertiary/aromatic N) is 3. The summed E-state index contributed by atoms with van der Waals surface area (Å²) < 4.78 is 5.74. The number of unbranched alkanes of at least 4 members (excludes halogenated alkanes) is 2. The molecule has 7 nitrogen and oxygen atoms in total. The number of aliphatic imine (C=N–C) groups is 1. The van der Waals surface area contributed by atoms with Gasteiger partial charge in [0.1, 0.15) is 0 Å². The smallest absolute Gasteiger partial charge is 0.326 e. The summed E-state index contributed by atoms with van der Waals surface area (Å²) in [6, 6.07) is 8.54.